The summed E-state index contributed by atoms with van der Waals surface area (Å²) in [5.41, 5.74) is 2.41. The van der Waals surface area contributed by atoms with Crippen molar-refractivity contribution < 1.29 is 4.79 Å². The van der Waals surface area contributed by atoms with E-state index in [1.807, 2.05) is 0 Å². The third kappa shape index (κ3) is 4.02. The number of hydrogen-bond donors (Lipinski definition) is 0. The zero-order chi connectivity index (χ0) is 19.5. The van der Waals surface area contributed by atoms with Crippen molar-refractivity contribution in [1.29, 1.82) is 0 Å². The summed E-state index contributed by atoms with van der Waals surface area (Å²) >= 11 is 5.75. The fourth-order valence-electron chi connectivity index (χ4n) is 4.44. The van der Waals surface area contributed by atoms with Crippen LogP contribution >= 0.6 is 12.2 Å². The number of para-hydroxylation sites is 2. The van der Waals surface area contributed by atoms with E-state index in [4.69, 9.17) is 12.2 Å². The van der Waals surface area contributed by atoms with Gasteiger partial charge in [0.15, 0.2) is 4.77 Å². The van der Waals surface area contributed by atoms with Crippen LogP contribution in [0.25, 0.3) is 11.0 Å². The maximum Gasteiger partial charge on any atom is 0.236 e. The molecule has 0 spiro atoms. The summed E-state index contributed by atoms with van der Waals surface area (Å²) in [6, 6.07) is 8.46. The van der Waals surface area contributed by atoms with Crippen molar-refractivity contribution >= 4 is 29.2 Å². The van der Waals surface area contributed by atoms with Gasteiger partial charge in [-0.3, -0.25) is 14.6 Å². The molecule has 28 heavy (non-hydrogen) atoms. The van der Waals surface area contributed by atoms with Crippen LogP contribution in [-0.2, 0) is 18.0 Å². The van der Waals surface area contributed by atoms with Crippen LogP contribution in [0.3, 0.4) is 0 Å². The minimum atomic E-state index is 0.307. The molecule has 0 N–H and O–H groups in total. The lowest BCUT2D eigenvalue weighted by atomic mass is 10.1. The summed E-state index contributed by atoms with van der Waals surface area (Å²) in [5.74, 6) is 0.307. The molecule has 0 bridgehead atoms. The molecule has 2 aliphatic heterocycles. The fraction of sp³-hybridized carbons (Fsp3) is 0.619. The van der Waals surface area contributed by atoms with Gasteiger partial charge in [-0.05, 0) is 50.5 Å². The lowest BCUT2D eigenvalue weighted by Gasteiger charge is -2.36. The number of piperazine rings is 1. The number of aromatic nitrogens is 2. The number of piperidine rings is 1. The molecule has 0 saturated carbocycles. The number of likely N-dealkylation sites (tertiary alicyclic amines) is 1. The Balaban J connectivity index is 1.36. The van der Waals surface area contributed by atoms with Gasteiger partial charge in [0.25, 0.3) is 0 Å². The Kier molecular flexibility index (Phi) is 6.13. The van der Waals surface area contributed by atoms with Gasteiger partial charge in [0.2, 0.25) is 5.91 Å². The Hall–Kier alpha value is -1.70. The molecule has 0 aliphatic carbocycles. The maximum atomic E-state index is 12.5. The minimum absolute atomic E-state index is 0.307. The summed E-state index contributed by atoms with van der Waals surface area (Å²) in [5, 5.41) is 0. The molecule has 1 aromatic carbocycles. The third-order valence-electron chi connectivity index (χ3n) is 6.12. The van der Waals surface area contributed by atoms with Crippen molar-refractivity contribution in [1.82, 2.24) is 23.8 Å². The van der Waals surface area contributed by atoms with E-state index in [-0.39, 0.29) is 0 Å². The van der Waals surface area contributed by atoms with Crippen LogP contribution in [0.15, 0.2) is 24.3 Å². The quantitative estimate of drug-likeness (QED) is 0.722. The van der Waals surface area contributed by atoms with Crippen molar-refractivity contribution in [3.8, 4) is 0 Å². The molecule has 4 rings (SSSR count). The number of amides is 1. The third-order valence-corrected chi connectivity index (χ3v) is 6.56. The van der Waals surface area contributed by atoms with Gasteiger partial charge < -0.3 is 14.0 Å². The molecule has 2 fully saturated rings. The van der Waals surface area contributed by atoms with E-state index in [9.17, 15) is 4.79 Å². The molecule has 152 valence electrons. The summed E-state index contributed by atoms with van der Waals surface area (Å²) in [4.78, 5) is 19.3. The Bertz CT molecular complexity index is 875. The van der Waals surface area contributed by atoms with Crippen LogP contribution in [0, 0.1) is 4.77 Å². The van der Waals surface area contributed by atoms with Crippen LogP contribution in [0.5, 0.6) is 0 Å². The van der Waals surface area contributed by atoms with E-state index in [1.54, 1.807) is 0 Å². The first-order valence-electron chi connectivity index (χ1n) is 10.6. The summed E-state index contributed by atoms with van der Waals surface area (Å²) in [7, 11) is 0. The first-order valence-corrected chi connectivity index (χ1v) is 11.0. The molecule has 1 aromatic heterocycles. The molecule has 0 atom stereocenters. The van der Waals surface area contributed by atoms with E-state index in [2.05, 4.69) is 55.0 Å². The van der Waals surface area contributed by atoms with Crippen molar-refractivity contribution in [2.24, 2.45) is 0 Å². The Labute approximate surface area is 172 Å². The van der Waals surface area contributed by atoms with Crippen molar-refractivity contribution in [2.75, 3.05) is 45.8 Å². The van der Waals surface area contributed by atoms with Gasteiger partial charge in [0.05, 0.1) is 24.2 Å². The van der Waals surface area contributed by atoms with Gasteiger partial charge in [0, 0.05) is 45.8 Å². The van der Waals surface area contributed by atoms with Gasteiger partial charge in [-0.1, -0.05) is 12.1 Å². The normalized spacial score (nSPS) is 19.4. The number of rotatable bonds is 5. The number of carbonyl (C=O) groups excluding carboxylic acids is 1. The van der Waals surface area contributed by atoms with Crippen LogP contribution in [0.2, 0.25) is 0 Å². The maximum absolute atomic E-state index is 12.5. The highest BCUT2D eigenvalue weighted by molar-refractivity contribution is 7.71. The standard InChI is InChI=1S/C21H31N5OS/c1-2-25-18-8-4-5-9-19(18)26(21(25)28)17-23-14-12-22(13-15-23)16-20(27)24-10-6-3-7-11-24/h4-5,8-9H,2-3,6-7,10-17H2,1H3. The van der Waals surface area contributed by atoms with Crippen LogP contribution < -0.4 is 0 Å². The highest BCUT2D eigenvalue weighted by Gasteiger charge is 2.23. The highest BCUT2D eigenvalue weighted by atomic mass is 32.1. The summed E-state index contributed by atoms with van der Waals surface area (Å²) in [6.07, 6.45) is 3.58. The average Bonchev–Trinajstić information content (AvgIpc) is 3.01. The van der Waals surface area contributed by atoms with Gasteiger partial charge in [-0.2, -0.15) is 0 Å². The fourth-order valence-corrected chi connectivity index (χ4v) is 4.82. The molecule has 7 heteroatoms. The SMILES string of the molecule is CCn1c(=S)n(CN2CCN(CC(=O)N3CCCCC3)CC2)c2ccccc21. The monoisotopic (exact) mass is 401 g/mol. The smallest absolute Gasteiger partial charge is 0.236 e. The van der Waals surface area contributed by atoms with Gasteiger partial charge in [-0.15, -0.1) is 0 Å². The summed E-state index contributed by atoms with van der Waals surface area (Å²) < 4.78 is 5.35. The van der Waals surface area contributed by atoms with E-state index in [0.29, 0.717) is 12.5 Å². The zero-order valence-corrected chi connectivity index (χ0v) is 17.7. The topological polar surface area (TPSA) is 36.6 Å². The van der Waals surface area contributed by atoms with Crippen molar-refractivity contribution in [3.05, 3.63) is 29.0 Å². The molecule has 6 nitrogen and oxygen atoms in total. The molecule has 0 radical (unpaired) electrons. The predicted octanol–water partition coefficient (Wildman–Crippen LogP) is 2.78. The summed E-state index contributed by atoms with van der Waals surface area (Å²) in [6.45, 7) is 10.1. The van der Waals surface area contributed by atoms with Crippen LogP contribution in [-0.4, -0.2) is 75.6 Å². The first kappa shape index (κ1) is 19.6. The Morgan fingerprint density at radius 3 is 2.14 bits per heavy atom. The molecule has 1 amide bonds. The van der Waals surface area contributed by atoms with E-state index in [1.165, 1.54) is 17.5 Å². The lowest BCUT2D eigenvalue weighted by Crippen LogP contribution is -2.50. The number of carbonyl (C=O) groups is 1. The van der Waals surface area contributed by atoms with Crippen molar-refractivity contribution in [2.45, 2.75) is 39.4 Å². The van der Waals surface area contributed by atoms with E-state index in [0.717, 1.165) is 70.1 Å². The highest BCUT2D eigenvalue weighted by Crippen LogP contribution is 2.19. The second-order valence-electron chi connectivity index (χ2n) is 7.92. The van der Waals surface area contributed by atoms with Gasteiger partial charge in [-0.25, -0.2) is 0 Å². The Morgan fingerprint density at radius 1 is 0.893 bits per heavy atom. The number of hydrogen-bond acceptors (Lipinski definition) is 4. The zero-order valence-electron chi connectivity index (χ0n) is 16.8. The molecular weight excluding hydrogens is 370 g/mol. The number of aryl methyl sites for hydroxylation is 1. The average molecular weight is 402 g/mol. The van der Waals surface area contributed by atoms with Crippen molar-refractivity contribution in [3.63, 3.8) is 0 Å². The molecule has 3 heterocycles. The molecule has 2 aromatic rings. The second kappa shape index (κ2) is 8.76. The van der Waals surface area contributed by atoms with Gasteiger partial charge in [0.1, 0.15) is 0 Å². The first-order chi connectivity index (χ1) is 13.7. The molecule has 2 saturated heterocycles. The number of fused-ring (bicyclic) bond motifs is 1. The number of nitrogens with zero attached hydrogens (tertiary/aromatic N) is 5. The predicted molar refractivity (Wildman–Crippen MR) is 115 cm³/mol. The van der Waals surface area contributed by atoms with E-state index >= 15 is 0 Å². The van der Waals surface area contributed by atoms with E-state index < -0.39 is 0 Å². The number of benzene rings is 1. The molecule has 2 aliphatic rings. The molecular formula is C21H31N5OS. The second-order valence-corrected chi connectivity index (χ2v) is 8.29. The largest absolute Gasteiger partial charge is 0.342 e. The number of imidazole rings is 1. The van der Waals surface area contributed by atoms with Crippen LogP contribution in [0.1, 0.15) is 26.2 Å². The van der Waals surface area contributed by atoms with Crippen LogP contribution in [0.4, 0.5) is 0 Å². The van der Waals surface area contributed by atoms with Gasteiger partial charge >= 0.3 is 0 Å². The lowest BCUT2D eigenvalue weighted by molar-refractivity contribution is -0.133. The minimum Gasteiger partial charge on any atom is -0.342 e. The molecule has 0 unspecified atom stereocenters. The Morgan fingerprint density at radius 2 is 1.50 bits per heavy atom.